The molecule has 3 aliphatic rings. The summed E-state index contributed by atoms with van der Waals surface area (Å²) in [6.07, 6.45) is 5.46. The van der Waals surface area contributed by atoms with Gasteiger partial charge in [-0.25, -0.2) is 9.59 Å². The molecule has 4 unspecified atom stereocenters. The van der Waals surface area contributed by atoms with Crippen LogP contribution in [-0.2, 0) is 22.7 Å². The van der Waals surface area contributed by atoms with Crippen molar-refractivity contribution in [1.82, 2.24) is 30.2 Å². The summed E-state index contributed by atoms with van der Waals surface area (Å²) < 4.78 is 0. The van der Waals surface area contributed by atoms with E-state index in [0.717, 1.165) is 49.6 Å². The third kappa shape index (κ3) is 9.12. The van der Waals surface area contributed by atoms with Crippen LogP contribution in [0.3, 0.4) is 0 Å². The molecule has 0 bridgehead atoms. The molecule has 2 aromatic rings. The summed E-state index contributed by atoms with van der Waals surface area (Å²) in [6.45, 7) is 3.05. The van der Waals surface area contributed by atoms with Gasteiger partial charge in [-0.15, -0.1) is 0 Å². The normalized spacial score (nSPS) is 22.2. The van der Waals surface area contributed by atoms with Gasteiger partial charge in [-0.1, -0.05) is 37.1 Å². The molecule has 0 spiro atoms. The van der Waals surface area contributed by atoms with Crippen LogP contribution in [0.15, 0.2) is 48.5 Å². The number of carbonyl (C=O) groups excluding carboxylic acids is 4. The third-order valence-corrected chi connectivity index (χ3v) is 9.98. The molecular formula is C34H48N12O4. The van der Waals surface area contributed by atoms with Crippen LogP contribution < -0.4 is 32.7 Å². The molecule has 16 nitrogen and oxygen atoms in total. The van der Waals surface area contributed by atoms with Crippen LogP contribution in [0.2, 0.25) is 0 Å². The number of nitrogens with one attached hydrogen (secondary N) is 6. The summed E-state index contributed by atoms with van der Waals surface area (Å²) in [5, 5.41) is 26.2. The van der Waals surface area contributed by atoms with Crippen LogP contribution in [-0.4, -0.2) is 108 Å². The van der Waals surface area contributed by atoms with Gasteiger partial charge in [0.2, 0.25) is 12.8 Å². The van der Waals surface area contributed by atoms with Crippen molar-refractivity contribution in [1.29, 1.82) is 10.8 Å². The fourth-order valence-corrected chi connectivity index (χ4v) is 7.49. The molecule has 4 atom stereocenters. The molecule has 3 fully saturated rings. The number of carbonyl (C=O) groups is 4. The average molecular weight is 689 g/mol. The first-order valence-corrected chi connectivity index (χ1v) is 17.0. The lowest BCUT2D eigenvalue weighted by molar-refractivity contribution is -0.129. The van der Waals surface area contributed by atoms with Crippen LogP contribution in [0.1, 0.15) is 36.8 Å². The first-order chi connectivity index (χ1) is 24.1. The number of nitrogens with two attached hydrogens (primary N) is 2. The number of nitrogens with zero attached hydrogens (tertiary/aromatic N) is 4. The maximum atomic E-state index is 13.4. The molecule has 2 heterocycles. The lowest BCUT2D eigenvalue weighted by Gasteiger charge is -2.51. The molecule has 1 aliphatic carbocycles. The Labute approximate surface area is 291 Å². The summed E-state index contributed by atoms with van der Waals surface area (Å²) in [7, 11) is 0. The molecule has 268 valence electrons. The Hall–Kier alpha value is -5.54. The van der Waals surface area contributed by atoms with E-state index in [4.69, 9.17) is 22.3 Å². The molecule has 2 aliphatic heterocycles. The number of guanidine groups is 2. The highest BCUT2D eigenvalue weighted by molar-refractivity contribution is 5.90. The molecule has 5 rings (SSSR count). The van der Waals surface area contributed by atoms with E-state index in [9.17, 15) is 19.2 Å². The Kier molecular flexibility index (Phi) is 12.0. The van der Waals surface area contributed by atoms with Crippen LogP contribution in [0, 0.1) is 22.7 Å². The van der Waals surface area contributed by atoms with Gasteiger partial charge in [-0.05, 0) is 60.1 Å². The number of anilines is 2. The van der Waals surface area contributed by atoms with Crippen LogP contribution >= 0.6 is 0 Å². The van der Waals surface area contributed by atoms with Crippen molar-refractivity contribution in [2.75, 3.05) is 49.9 Å². The average Bonchev–Trinajstić information content (AvgIpc) is 3.13. The highest BCUT2D eigenvalue weighted by Crippen LogP contribution is 2.39. The van der Waals surface area contributed by atoms with Crippen molar-refractivity contribution in [2.45, 2.75) is 50.9 Å². The summed E-state index contributed by atoms with van der Waals surface area (Å²) >= 11 is 0. The van der Waals surface area contributed by atoms with Gasteiger partial charge in [0.25, 0.3) is 0 Å². The molecule has 50 heavy (non-hydrogen) atoms. The molecule has 2 aromatic carbocycles. The second-order valence-corrected chi connectivity index (χ2v) is 13.1. The van der Waals surface area contributed by atoms with E-state index in [0.29, 0.717) is 63.7 Å². The minimum atomic E-state index is -0.215. The smallest absolute Gasteiger partial charge is 0.317 e. The van der Waals surface area contributed by atoms with E-state index in [1.54, 1.807) is 34.1 Å². The molecular weight excluding hydrogens is 640 g/mol. The standard InChI is InChI=1S/C34H48N12O4/c35-31(36)41-25-9-5-23(6-10-25)17-39-33(49)43-13-15-45(21-47)29(19-43)27-3-1-2-4-28(27)30-20-44(14-16-46(30)22-48)34(50)40-18-24-7-11-26(12-8-24)42-32(37)38/h5-12,21-22,27-30H,1-4,13-20H2,(H,39,49)(H,40,50)(H4,35,36,41)(H4,37,38,42). The topological polar surface area (TPSA) is 229 Å². The van der Waals surface area contributed by atoms with Crippen molar-refractivity contribution in [3.05, 3.63) is 59.7 Å². The summed E-state index contributed by atoms with van der Waals surface area (Å²) in [4.78, 5) is 58.5. The van der Waals surface area contributed by atoms with Crippen molar-refractivity contribution in [3.63, 3.8) is 0 Å². The third-order valence-electron chi connectivity index (χ3n) is 9.98. The van der Waals surface area contributed by atoms with Gasteiger partial charge in [0.05, 0.1) is 12.1 Å². The maximum absolute atomic E-state index is 13.4. The number of piperazine rings is 2. The number of urea groups is 2. The van der Waals surface area contributed by atoms with Crippen LogP contribution in [0.5, 0.6) is 0 Å². The number of hydrogen-bond acceptors (Lipinski definition) is 6. The monoisotopic (exact) mass is 688 g/mol. The minimum absolute atomic E-state index is 0.0449. The fraction of sp³-hybridized carbons (Fsp3) is 0.471. The van der Waals surface area contributed by atoms with Crippen molar-refractivity contribution in [3.8, 4) is 0 Å². The highest BCUT2D eigenvalue weighted by atomic mass is 16.2. The molecule has 6 amide bonds. The Balaban J connectivity index is 1.22. The SMILES string of the molecule is N=C(N)Nc1ccc(CNC(=O)N2CCN(C=O)C(C3CCCCC3C3CN(C(=O)NCc4ccc(NC(=N)N)cc4)CCN3C=O)C2)cc1. The van der Waals surface area contributed by atoms with Crippen LogP contribution in [0.4, 0.5) is 21.0 Å². The highest BCUT2D eigenvalue weighted by Gasteiger charge is 2.45. The second-order valence-electron chi connectivity index (χ2n) is 13.1. The fourth-order valence-electron chi connectivity index (χ4n) is 7.49. The Morgan fingerprint density at radius 3 is 1.38 bits per heavy atom. The molecule has 0 radical (unpaired) electrons. The Morgan fingerprint density at radius 2 is 1.04 bits per heavy atom. The zero-order valence-electron chi connectivity index (χ0n) is 28.1. The van der Waals surface area contributed by atoms with E-state index in [1.807, 2.05) is 34.1 Å². The van der Waals surface area contributed by atoms with E-state index in [1.165, 1.54) is 0 Å². The van der Waals surface area contributed by atoms with Gasteiger partial charge < -0.3 is 52.3 Å². The molecule has 16 heteroatoms. The van der Waals surface area contributed by atoms with Gasteiger partial charge >= 0.3 is 12.1 Å². The Morgan fingerprint density at radius 1 is 0.660 bits per heavy atom. The summed E-state index contributed by atoms with van der Waals surface area (Å²) in [6, 6.07) is 13.7. The zero-order valence-corrected chi connectivity index (χ0v) is 28.1. The number of hydrogen-bond donors (Lipinski definition) is 8. The predicted molar refractivity (Wildman–Crippen MR) is 190 cm³/mol. The van der Waals surface area contributed by atoms with Crippen LogP contribution in [0.25, 0.3) is 0 Å². The zero-order chi connectivity index (χ0) is 35.6. The molecule has 1 saturated carbocycles. The lowest BCUT2D eigenvalue weighted by atomic mass is 9.70. The molecule has 2 saturated heterocycles. The van der Waals surface area contributed by atoms with Gasteiger partial charge in [0.15, 0.2) is 11.9 Å². The van der Waals surface area contributed by atoms with Gasteiger partial charge in [-0.2, -0.15) is 0 Å². The number of amides is 6. The first-order valence-electron chi connectivity index (χ1n) is 17.0. The van der Waals surface area contributed by atoms with Gasteiger partial charge in [0, 0.05) is 63.7 Å². The van der Waals surface area contributed by atoms with Crippen molar-refractivity contribution < 1.29 is 19.2 Å². The quantitative estimate of drug-likeness (QED) is 0.103. The summed E-state index contributed by atoms with van der Waals surface area (Å²) in [5.74, 6) is -0.216. The predicted octanol–water partition coefficient (Wildman–Crippen LogP) is 1.51. The Bertz CT molecular complexity index is 1410. The largest absolute Gasteiger partial charge is 0.370 e. The van der Waals surface area contributed by atoms with Crippen molar-refractivity contribution in [2.24, 2.45) is 23.3 Å². The maximum Gasteiger partial charge on any atom is 0.317 e. The van der Waals surface area contributed by atoms with E-state index >= 15 is 0 Å². The molecule has 0 aromatic heterocycles. The minimum Gasteiger partial charge on any atom is -0.370 e. The summed E-state index contributed by atoms with van der Waals surface area (Å²) in [5.41, 5.74) is 13.9. The van der Waals surface area contributed by atoms with E-state index < -0.39 is 0 Å². The second kappa shape index (κ2) is 16.7. The lowest BCUT2D eigenvalue weighted by Crippen LogP contribution is -2.63. The van der Waals surface area contributed by atoms with E-state index in [2.05, 4.69) is 21.3 Å². The van der Waals surface area contributed by atoms with E-state index in [-0.39, 0.29) is 47.9 Å². The number of rotatable bonds is 10. The first kappa shape index (κ1) is 35.8. The number of benzene rings is 2. The van der Waals surface area contributed by atoms with Gasteiger partial charge in [-0.3, -0.25) is 20.4 Å². The van der Waals surface area contributed by atoms with Crippen molar-refractivity contribution >= 4 is 48.2 Å². The van der Waals surface area contributed by atoms with Gasteiger partial charge in [0.1, 0.15) is 0 Å². The molecule has 10 N–H and O–H groups in total.